The molecule has 1 aliphatic rings. The van der Waals surface area contributed by atoms with Crippen LogP contribution in [0, 0.1) is 11.8 Å². The topological polar surface area (TPSA) is 63.8 Å². The average Bonchev–Trinajstić information content (AvgIpc) is 3.10. The molecule has 16 heavy (non-hydrogen) atoms. The van der Waals surface area contributed by atoms with Crippen LogP contribution in [0.5, 0.6) is 0 Å². The second kappa shape index (κ2) is 4.74. The summed E-state index contributed by atoms with van der Waals surface area (Å²) < 4.78 is 0. The van der Waals surface area contributed by atoms with Crippen LogP contribution in [0.1, 0.15) is 25.3 Å². The number of thiocarbonyl (C=S) groups is 1. The van der Waals surface area contributed by atoms with Gasteiger partial charge in [-0.05, 0) is 30.7 Å². The van der Waals surface area contributed by atoms with E-state index in [0.717, 1.165) is 18.0 Å². The van der Waals surface area contributed by atoms with E-state index in [4.69, 9.17) is 18.0 Å². The lowest BCUT2D eigenvalue weighted by Gasteiger charge is -2.13. The lowest BCUT2D eigenvalue weighted by Crippen LogP contribution is -2.19. The Labute approximate surface area is 101 Å². The zero-order chi connectivity index (χ0) is 11.5. The van der Waals surface area contributed by atoms with Gasteiger partial charge in [0.15, 0.2) is 5.82 Å². The van der Waals surface area contributed by atoms with Gasteiger partial charge in [-0.1, -0.05) is 19.1 Å². The van der Waals surface area contributed by atoms with Gasteiger partial charge in [-0.25, -0.2) is 0 Å². The van der Waals surface area contributed by atoms with Crippen molar-refractivity contribution < 1.29 is 0 Å². The summed E-state index contributed by atoms with van der Waals surface area (Å²) in [5, 5.41) is 11.1. The number of rotatable bonds is 5. The van der Waals surface area contributed by atoms with Crippen LogP contribution in [0.3, 0.4) is 0 Å². The van der Waals surface area contributed by atoms with Crippen molar-refractivity contribution >= 4 is 23.0 Å². The molecule has 0 radical (unpaired) electrons. The van der Waals surface area contributed by atoms with Crippen molar-refractivity contribution in [3.63, 3.8) is 0 Å². The highest BCUT2D eigenvalue weighted by atomic mass is 32.1. The standard InChI is InChI=1S/C11H16N4S/c1-7(8-2-3-8)6-13-11-9(10(12)16)4-5-14-15-11/h4-5,7-8H,2-3,6H2,1H3,(H2,12,16)(H,13,15). The molecule has 1 fully saturated rings. The predicted octanol–water partition coefficient (Wildman–Crippen LogP) is 1.57. The van der Waals surface area contributed by atoms with Gasteiger partial charge in [0, 0.05) is 6.54 Å². The second-order valence-corrected chi connectivity index (χ2v) is 4.79. The maximum absolute atomic E-state index is 5.62. The van der Waals surface area contributed by atoms with Crippen LogP contribution in [0.2, 0.25) is 0 Å². The summed E-state index contributed by atoms with van der Waals surface area (Å²) in [6.45, 7) is 3.15. The Balaban J connectivity index is 1.99. The van der Waals surface area contributed by atoms with Crippen molar-refractivity contribution in [1.29, 1.82) is 0 Å². The van der Waals surface area contributed by atoms with Crippen LogP contribution in [0.15, 0.2) is 12.3 Å². The fourth-order valence-corrected chi connectivity index (χ4v) is 1.92. The molecule has 0 aromatic carbocycles. The number of nitrogens with one attached hydrogen (secondary N) is 1. The van der Waals surface area contributed by atoms with Crippen molar-refractivity contribution in [3.05, 3.63) is 17.8 Å². The van der Waals surface area contributed by atoms with Gasteiger partial charge in [-0.15, -0.1) is 5.10 Å². The maximum Gasteiger partial charge on any atom is 0.158 e. The summed E-state index contributed by atoms with van der Waals surface area (Å²) >= 11 is 4.96. The molecule has 0 spiro atoms. The lowest BCUT2D eigenvalue weighted by atomic mass is 10.1. The molecule has 1 heterocycles. The van der Waals surface area contributed by atoms with Crippen molar-refractivity contribution in [3.8, 4) is 0 Å². The Kier molecular flexibility index (Phi) is 3.33. The predicted molar refractivity (Wildman–Crippen MR) is 68.3 cm³/mol. The number of aromatic nitrogens is 2. The average molecular weight is 236 g/mol. The summed E-state index contributed by atoms with van der Waals surface area (Å²) in [4.78, 5) is 0.358. The van der Waals surface area contributed by atoms with E-state index in [-0.39, 0.29) is 0 Å². The highest BCUT2D eigenvalue weighted by molar-refractivity contribution is 7.80. The first-order chi connectivity index (χ1) is 7.68. The van der Waals surface area contributed by atoms with Gasteiger partial charge in [-0.2, -0.15) is 5.10 Å². The van der Waals surface area contributed by atoms with Crippen molar-refractivity contribution in [2.45, 2.75) is 19.8 Å². The Morgan fingerprint density at radius 1 is 1.69 bits per heavy atom. The quantitative estimate of drug-likeness (QED) is 0.760. The van der Waals surface area contributed by atoms with Crippen LogP contribution < -0.4 is 11.1 Å². The minimum absolute atomic E-state index is 0.358. The molecule has 3 N–H and O–H groups in total. The van der Waals surface area contributed by atoms with Crippen LogP contribution >= 0.6 is 12.2 Å². The molecule has 5 heteroatoms. The highest BCUT2D eigenvalue weighted by Crippen LogP contribution is 2.36. The van der Waals surface area contributed by atoms with Crippen LogP contribution in [-0.4, -0.2) is 21.7 Å². The molecule has 86 valence electrons. The smallest absolute Gasteiger partial charge is 0.158 e. The van der Waals surface area contributed by atoms with Gasteiger partial charge in [0.25, 0.3) is 0 Å². The molecule has 1 saturated carbocycles. The Bertz CT molecular complexity index is 389. The largest absolute Gasteiger partial charge is 0.389 e. The van der Waals surface area contributed by atoms with Gasteiger partial charge in [0.05, 0.1) is 11.8 Å². The van der Waals surface area contributed by atoms with E-state index in [1.807, 2.05) is 0 Å². The molecule has 1 aromatic rings. The number of hydrogen-bond acceptors (Lipinski definition) is 4. The first kappa shape index (κ1) is 11.3. The third-order valence-corrected chi connectivity index (χ3v) is 3.22. The molecule has 0 amide bonds. The summed E-state index contributed by atoms with van der Waals surface area (Å²) in [6, 6.07) is 1.79. The second-order valence-electron chi connectivity index (χ2n) is 4.35. The fourth-order valence-electron chi connectivity index (χ4n) is 1.75. The third kappa shape index (κ3) is 2.66. The summed E-state index contributed by atoms with van der Waals surface area (Å²) in [5.41, 5.74) is 6.39. The first-order valence-corrected chi connectivity index (χ1v) is 5.94. The monoisotopic (exact) mass is 236 g/mol. The molecular weight excluding hydrogens is 220 g/mol. The zero-order valence-corrected chi connectivity index (χ0v) is 10.1. The number of nitrogens with zero attached hydrogens (tertiary/aromatic N) is 2. The van der Waals surface area contributed by atoms with Gasteiger partial charge >= 0.3 is 0 Å². The number of nitrogens with two attached hydrogens (primary N) is 1. The summed E-state index contributed by atoms with van der Waals surface area (Å²) in [5.74, 6) is 2.24. The number of anilines is 1. The van der Waals surface area contributed by atoms with Crippen LogP contribution in [0.4, 0.5) is 5.82 Å². The van der Waals surface area contributed by atoms with E-state index in [9.17, 15) is 0 Å². The Hall–Kier alpha value is -1.23. The molecule has 1 unspecified atom stereocenters. The van der Waals surface area contributed by atoms with Crippen molar-refractivity contribution in [1.82, 2.24) is 10.2 Å². The highest BCUT2D eigenvalue weighted by Gasteiger charge is 2.27. The normalized spacial score (nSPS) is 16.8. The van der Waals surface area contributed by atoms with Crippen LogP contribution in [-0.2, 0) is 0 Å². The maximum atomic E-state index is 5.62. The molecule has 1 aromatic heterocycles. The van der Waals surface area contributed by atoms with E-state index in [1.165, 1.54) is 12.8 Å². The minimum atomic E-state index is 0.358. The van der Waals surface area contributed by atoms with Crippen LogP contribution in [0.25, 0.3) is 0 Å². The van der Waals surface area contributed by atoms with Gasteiger partial charge in [0.2, 0.25) is 0 Å². The van der Waals surface area contributed by atoms with Crippen molar-refractivity contribution in [2.75, 3.05) is 11.9 Å². The molecule has 0 bridgehead atoms. The SMILES string of the molecule is CC(CNc1nnccc1C(N)=S)C1CC1. The third-order valence-electron chi connectivity index (χ3n) is 3.00. The minimum Gasteiger partial charge on any atom is -0.389 e. The molecule has 4 nitrogen and oxygen atoms in total. The van der Waals surface area contributed by atoms with E-state index in [0.29, 0.717) is 16.7 Å². The molecule has 0 saturated heterocycles. The number of hydrogen-bond donors (Lipinski definition) is 2. The molecule has 0 aliphatic heterocycles. The lowest BCUT2D eigenvalue weighted by molar-refractivity contribution is 0.535. The Morgan fingerprint density at radius 3 is 3.06 bits per heavy atom. The summed E-state index contributed by atoms with van der Waals surface area (Å²) in [6.07, 6.45) is 4.31. The van der Waals surface area contributed by atoms with E-state index in [2.05, 4.69) is 22.4 Å². The molecular formula is C11H16N4S. The van der Waals surface area contributed by atoms with E-state index in [1.54, 1.807) is 12.3 Å². The summed E-state index contributed by atoms with van der Waals surface area (Å²) in [7, 11) is 0. The van der Waals surface area contributed by atoms with Gasteiger partial charge < -0.3 is 11.1 Å². The zero-order valence-electron chi connectivity index (χ0n) is 9.31. The van der Waals surface area contributed by atoms with E-state index >= 15 is 0 Å². The molecule has 1 atom stereocenters. The first-order valence-electron chi connectivity index (χ1n) is 5.54. The fraction of sp³-hybridized carbons (Fsp3) is 0.545. The molecule has 2 rings (SSSR count). The van der Waals surface area contributed by atoms with Crippen molar-refractivity contribution in [2.24, 2.45) is 17.6 Å². The van der Waals surface area contributed by atoms with Gasteiger partial charge in [0.1, 0.15) is 4.99 Å². The van der Waals surface area contributed by atoms with Gasteiger partial charge in [-0.3, -0.25) is 0 Å². The Morgan fingerprint density at radius 2 is 2.44 bits per heavy atom. The molecule has 1 aliphatic carbocycles. The van der Waals surface area contributed by atoms with E-state index < -0.39 is 0 Å².